The lowest BCUT2D eigenvalue weighted by Gasteiger charge is -2.26. The predicted molar refractivity (Wildman–Crippen MR) is 53.9 cm³/mol. The molecule has 3 heteroatoms. The first-order valence-corrected chi connectivity index (χ1v) is 5.13. The van der Waals surface area contributed by atoms with E-state index in [0.29, 0.717) is 19.1 Å². The number of nitrogens with one attached hydrogen (secondary N) is 1. The molecule has 13 heavy (non-hydrogen) atoms. The summed E-state index contributed by atoms with van der Waals surface area (Å²) in [4.78, 5) is 0. The van der Waals surface area contributed by atoms with Gasteiger partial charge in [-0.25, -0.2) is 0 Å². The summed E-state index contributed by atoms with van der Waals surface area (Å²) in [5.41, 5.74) is 5.23. The third kappa shape index (κ3) is 4.27. The molecule has 0 bridgehead atoms. The fourth-order valence-electron chi connectivity index (χ4n) is 1.73. The number of hydrogen-bond acceptors (Lipinski definition) is 2. The van der Waals surface area contributed by atoms with Crippen LogP contribution in [0.5, 0.6) is 0 Å². The maximum atomic E-state index is 7.04. The Balaban J connectivity index is 2.05. The number of hydrogen-bond donors (Lipinski definition) is 2. The Labute approximate surface area is 80.2 Å². The maximum Gasteiger partial charge on any atom is 0.0928 e. The molecule has 3 nitrogen and oxygen atoms in total. The molecule has 0 aromatic heterocycles. The van der Waals surface area contributed by atoms with Crippen molar-refractivity contribution in [1.29, 1.82) is 5.41 Å². The normalized spacial score (nSPS) is 28.7. The maximum absolute atomic E-state index is 7.04. The number of nitrogens with two attached hydrogens (primary N) is 1. The Morgan fingerprint density at radius 3 is 2.54 bits per heavy atom. The highest BCUT2D eigenvalue weighted by Crippen LogP contribution is 2.25. The van der Waals surface area contributed by atoms with Gasteiger partial charge in [-0.3, -0.25) is 5.41 Å². The van der Waals surface area contributed by atoms with Gasteiger partial charge in [0, 0.05) is 6.42 Å². The van der Waals surface area contributed by atoms with Crippen LogP contribution >= 0.6 is 0 Å². The second kappa shape index (κ2) is 5.22. The number of ether oxygens (including phenoxy) is 1. The van der Waals surface area contributed by atoms with Gasteiger partial charge in [0.15, 0.2) is 0 Å². The van der Waals surface area contributed by atoms with Gasteiger partial charge in [0.2, 0.25) is 0 Å². The van der Waals surface area contributed by atoms with Crippen molar-refractivity contribution in [1.82, 2.24) is 0 Å². The van der Waals surface area contributed by atoms with E-state index in [1.54, 1.807) is 0 Å². The fraction of sp³-hybridized carbons (Fsp3) is 0.900. The molecule has 0 atom stereocenters. The minimum Gasteiger partial charge on any atom is -0.388 e. The van der Waals surface area contributed by atoms with Crippen LogP contribution in [-0.4, -0.2) is 18.5 Å². The molecule has 1 aliphatic carbocycles. The van der Waals surface area contributed by atoms with Crippen LogP contribution in [0.3, 0.4) is 0 Å². The predicted octanol–water partition coefficient (Wildman–Crippen LogP) is 1.91. The van der Waals surface area contributed by atoms with Gasteiger partial charge in [-0.15, -0.1) is 0 Å². The van der Waals surface area contributed by atoms with Crippen LogP contribution < -0.4 is 5.73 Å². The highest BCUT2D eigenvalue weighted by Gasteiger charge is 2.18. The lowest BCUT2D eigenvalue weighted by molar-refractivity contribution is 0.0237. The smallest absolute Gasteiger partial charge is 0.0928 e. The molecule has 1 aliphatic rings. The van der Waals surface area contributed by atoms with Crippen molar-refractivity contribution in [3.05, 3.63) is 0 Å². The van der Waals surface area contributed by atoms with Gasteiger partial charge < -0.3 is 10.5 Å². The fourth-order valence-corrected chi connectivity index (χ4v) is 1.73. The van der Waals surface area contributed by atoms with E-state index in [0.717, 1.165) is 5.92 Å². The number of rotatable bonds is 4. The van der Waals surface area contributed by atoms with Gasteiger partial charge in [-0.05, 0) is 31.6 Å². The average Bonchev–Trinajstić information content (AvgIpc) is 2.08. The molecular formula is C10H20N2O. The molecule has 3 N–H and O–H groups in total. The van der Waals surface area contributed by atoms with Crippen LogP contribution in [0, 0.1) is 11.3 Å². The summed E-state index contributed by atoms with van der Waals surface area (Å²) in [6.07, 6.45) is 5.93. The van der Waals surface area contributed by atoms with Crippen molar-refractivity contribution in [2.75, 3.05) is 6.61 Å². The van der Waals surface area contributed by atoms with E-state index in [1.807, 2.05) is 0 Å². The zero-order chi connectivity index (χ0) is 9.68. The third-order valence-corrected chi connectivity index (χ3v) is 2.69. The van der Waals surface area contributed by atoms with Crippen LogP contribution in [0.15, 0.2) is 0 Å². The van der Waals surface area contributed by atoms with E-state index < -0.39 is 0 Å². The van der Waals surface area contributed by atoms with Crippen LogP contribution in [0.4, 0.5) is 0 Å². The van der Waals surface area contributed by atoms with Crippen molar-refractivity contribution < 1.29 is 4.74 Å². The van der Waals surface area contributed by atoms with E-state index in [4.69, 9.17) is 15.9 Å². The Bertz CT molecular complexity index is 162. The van der Waals surface area contributed by atoms with Gasteiger partial charge >= 0.3 is 0 Å². The Morgan fingerprint density at radius 2 is 2.00 bits per heavy atom. The molecule has 0 amide bonds. The summed E-state index contributed by atoms with van der Waals surface area (Å²) in [7, 11) is 0. The molecule has 0 aromatic rings. The second-order valence-corrected chi connectivity index (χ2v) is 4.03. The van der Waals surface area contributed by atoms with Gasteiger partial charge in [0.1, 0.15) is 0 Å². The Hall–Kier alpha value is -0.570. The first-order chi connectivity index (χ1) is 6.18. The van der Waals surface area contributed by atoms with E-state index >= 15 is 0 Å². The minimum absolute atomic E-state index is 0.226. The lowest BCUT2D eigenvalue weighted by atomic mass is 9.89. The van der Waals surface area contributed by atoms with Crippen LogP contribution in [0.2, 0.25) is 0 Å². The molecule has 0 heterocycles. The Kier molecular flexibility index (Phi) is 4.22. The highest BCUT2D eigenvalue weighted by molar-refractivity contribution is 5.76. The lowest BCUT2D eigenvalue weighted by Crippen LogP contribution is -2.22. The van der Waals surface area contributed by atoms with Crippen LogP contribution in [-0.2, 0) is 4.74 Å². The molecule has 0 aromatic carbocycles. The summed E-state index contributed by atoms with van der Waals surface area (Å²) < 4.78 is 5.62. The number of amidine groups is 1. The highest BCUT2D eigenvalue weighted by atomic mass is 16.5. The molecule has 0 aliphatic heterocycles. The van der Waals surface area contributed by atoms with Crippen LogP contribution in [0.25, 0.3) is 0 Å². The zero-order valence-electron chi connectivity index (χ0n) is 8.38. The molecule has 1 saturated carbocycles. The second-order valence-electron chi connectivity index (χ2n) is 4.03. The third-order valence-electron chi connectivity index (χ3n) is 2.69. The van der Waals surface area contributed by atoms with Crippen molar-refractivity contribution >= 4 is 5.84 Å². The minimum atomic E-state index is 0.226. The summed E-state index contributed by atoms with van der Waals surface area (Å²) in [6, 6.07) is 0. The molecule has 0 spiro atoms. The van der Waals surface area contributed by atoms with E-state index in [1.165, 1.54) is 25.7 Å². The summed E-state index contributed by atoms with van der Waals surface area (Å²) in [5, 5.41) is 7.04. The summed E-state index contributed by atoms with van der Waals surface area (Å²) >= 11 is 0. The van der Waals surface area contributed by atoms with Crippen molar-refractivity contribution in [3.63, 3.8) is 0 Å². The van der Waals surface area contributed by atoms with Crippen molar-refractivity contribution in [2.24, 2.45) is 11.7 Å². The van der Waals surface area contributed by atoms with Crippen LogP contribution in [0.1, 0.15) is 39.0 Å². The van der Waals surface area contributed by atoms with Gasteiger partial charge in [-0.1, -0.05) is 6.92 Å². The monoisotopic (exact) mass is 184 g/mol. The molecule has 0 radical (unpaired) electrons. The SMILES string of the molecule is CC1CCC(OCCC(=N)N)CC1. The molecule has 76 valence electrons. The summed E-state index contributed by atoms with van der Waals surface area (Å²) in [6.45, 7) is 2.92. The van der Waals surface area contributed by atoms with Crippen molar-refractivity contribution in [3.8, 4) is 0 Å². The first kappa shape index (κ1) is 10.5. The Morgan fingerprint density at radius 1 is 1.38 bits per heavy atom. The quantitative estimate of drug-likeness (QED) is 0.518. The average molecular weight is 184 g/mol. The molecular weight excluding hydrogens is 164 g/mol. The molecule has 1 rings (SSSR count). The van der Waals surface area contributed by atoms with E-state index in [2.05, 4.69) is 6.92 Å². The van der Waals surface area contributed by atoms with Gasteiger partial charge in [-0.2, -0.15) is 0 Å². The molecule has 0 unspecified atom stereocenters. The van der Waals surface area contributed by atoms with Gasteiger partial charge in [0.05, 0.1) is 18.5 Å². The standard InChI is InChI=1S/C10H20N2O/c1-8-2-4-9(5-3-8)13-7-6-10(11)12/h8-9H,2-7H2,1H3,(H3,11,12). The summed E-state index contributed by atoms with van der Waals surface area (Å²) in [5.74, 6) is 1.09. The van der Waals surface area contributed by atoms with Crippen molar-refractivity contribution in [2.45, 2.75) is 45.1 Å². The first-order valence-electron chi connectivity index (χ1n) is 5.13. The molecule has 0 saturated heterocycles. The van der Waals surface area contributed by atoms with E-state index in [-0.39, 0.29) is 5.84 Å². The largest absolute Gasteiger partial charge is 0.388 e. The topological polar surface area (TPSA) is 59.1 Å². The zero-order valence-corrected chi connectivity index (χ0v) is 8.38. The van der Waals surface area contributed by atoms with E-state index in [9.17, 15) is 0 Å². The van der Waals surface area contributed by atoms with Gasteiger partial charge in [0.25, 0.3) is 0 Å². The molecule has 1 fully saturated rings.